The van der Waals surface area contributed by atoms with Gasteiger partial charge in [-0.15, -0.1) is 0 Å². The maximum absolute atomic E-state index is 13.1. The largest absolute Gasteiger partial charge is 0.325 e. The van der Waals surface area contributed by atoms with Crippen LogP contribution in [0.25, 0.3) is 6.08 Å². The lowest BCUT2D eigenvalue weighted by Crippen LogP contribution is -2.51. The highest BCUT2D eigenvalue weighted by atomic mass is 19.3. The number of pyridine rings is 1. The number of fused-ring (bicyclic) bond motifs is 3. The van der Waals surface area contributed by atoms with E-state index in [4.69, 9.17) is 4.98 Å². The van der Waals surface area contributed by atoms with Crippen LogP contribution < -0.4 is 15.9 Å². The van der Waals surface area contributed by atoms with Gasteiger partial charge in [-0.2, -0.15) is 5.10 Å². The van der Waals surface area contributed by atoms with Crippen molar-refractivity contribution in [2.24, 2.45) is 0 Å². The molecule has 1 N–H and O–H groups in total. The Hall–Kier alpha value is -3.60. The molecule has 0 aliphatic carbocycles. The second-order valence-electron chi connectivity index (χ2n) is 8.87. The second kappa shape index (κ2) is 8.01. The zero-order valence-electron chi connectivity index (χ0n) is 18.7. The third kappa shape index (κ3) is 3.47. The van der Waals surface area contributed by atoms with Crippen LogP contribution in [0.3, 0.4) is 0 Å². The van der Waals surface area contributed by atoms with Gasteiger partial charge in [0.1, 0.15) is 17.7 Å². The molecule has 11 heteroatoms. The average molecular weight is 466 g/mol. The summed E-state index contributed by atoms with van der Waals surface area (Å²) in [4.78, 5) is 25.7. The van der Waals surface area contributed by atoms with E-state index in [0.717, 1.165) is 66.9 Å². The van der Waals surface area contributed by atoms with Crippen LogP contribution in [0.4, 0.5) is 20.3 Å². The number of nitrogens with zero attached hydrogens (tertiary/aromatic N) is 7. The fraction of sp³-hybridized carbons (Fsp3) is 0.391. The van der Waals surface area contributed by atoms with Crippen LogP contribution in [0, 0.1) is 0 Å². The highest BCUT2D eigenvalue weighted by molar-refractivity contribution is 5.61. The lowest BCUT2D eigenvalue weighted by Gasteiger charge is -2.39. The smallest absolute Gasteiger partial charge is 0.280 e. The first-order chi connectivity index (χ1) is 16.5. The van der Waals surface area contributed by atoms with Crippen LogP contribution in [-0.2, 0) is 19.5 Å². The fourth-order valence-corrected chi connectivity index (χ4v) is 5.02. The summed E-state index contributed by atoms with van der Waals surface area (Å²) in [6, 6.07) is 5.10. The monoisotopic (exact) mass is 466 g/mol. The summed E-state index contributed by atoms with van der Waals surface area (Å²) >= 11 is 0. The molecule has 0 bridgehead atoms. The molecule has 34 heavy (non-hydrogen) atoms. The van der Waals surface area contributed by atoms with Gasteiger partial charge < -0.3 is 4.90 Å². The number of aryl methyl sites for hydroxylation is 1. The number of hydrogen-bond acceptors (Lipinski definition) is 7. The lowest BCUT2D eigenvalue weighted by molar-refractivity contribution is 0.145. The molecule has 3 aliphatic rings. The zero-order chi connectivity index (χ0) is 23.4. The maximum Gasteiger partial charge on any atom is 0.280 e. The van der Waals surface area contributed by atoms with Gasteiger partial charge >= 0.3 is 0 Å². The molecule has 0 amide bonds. The minimum absolute atomic E-state index is 0.194. The molecular formula is C23H24F2N8O. The first kappa shape index (κ1) is 21.0. The van der Waals surface area contributed by atoms with Gasteiger partial charge in [0.15, 0.2) is 5.82 Å². The quantitative estimate of drug-likeness (QED) is 0.635. The van der Waals surface area contributed by atoms with Crippen molar-refractivity contribution in [1.29, 1.82) is 0 Å². The lowest BCUT2D eigenvalue weighted by atomic mass is 10.0. The molecule has 6 heterocycles. The first-order valence-electron chi connectivity index (χ1n) is 11.4. The van der Waals surface area contributed by atoms with E-state index in [1.165, 1.54) is 4.68 Å². The number of nitrogens with one attached hydrogen (secondary N) is 1. The summed E-state index contributed by atoms with van der Waals surface area (Å²) in [5, 5.41) is 4.40. The summed E-state index contributed by atoms with van der Waals surface area (Å²) in [6.07, 6.45) is 4.22. The van der Waals surface area contributed by atoms with E-state index in [2.05, 4.69) is 31.4 Å². The van der Waals surface area contributed by atoms with Gasteiger partial charge in [-0.3, -0.25) is 20.1 Å². The molecule has 3 aromatic heterocycles. The average Bonchev–Trinajstić information content (AvgIpc) is 3.32. The SMILES string of the molecule is CC1=Cc2nc(C(F)F)cc(=O)n2NC1N1CCc2ncc(N3CCCn4nccc43)cc2C1. The predicted octanol–water partition coefficient (Wildman–Crippen LogP) is 2.66. The molecule has 0 saturated heterocycles. The van der Waals surface area contributed by atoms with Crippen LogP contribution in [0.2, 0.25) is 0 Å². The number of rotatable bonds is 3. The molecular weight excluding hydrogens is 442 g/mol. The topological polar surface area (TPSA) is 84.1 Å². The number of aromatic nitrogens is 5. The van der Waals surface area contributed by atoms with E-state index in [0.29, 0.717) is 6.54 Å². The maximum atomic E-state index is 13.1. The molecule has 1 unspecified atom stereocenters. The van der Waals surface area contributed by atoms with Gasteiger partial charge in [0.25, 0.3) is 12.0 Å². The van der Waals surface area contributed by atoms with Crippen molar-refractivity contribution in [2.75, 3.05) is 23.4 Å². The Morgan fingerprint density at radius 2 is 2.09 bits per heavy atom. The second-order valence-corrected chi connectivity index (χ2v) is 8.87. The molecule has 6 rings (SSSR count). The van der Waals surface area contributed by atoms with Gasteiger partial charge in [0, 0.05) is 50.4 Å². The van der Waals surface area contributed by atoms with Crippen molar-refractivity contribution in [1.82, 2.24) is 29.3 Å². The summed E-state index contributed by atoms with van der Waals surface area (Å²) in [7, 11) is 0. The van der Waals surface area contributed by atoms with Crippen LogP contribution in [-0.4, -0.2) is 48.6 Å². The molecule has 1 atom stereocenters. The van der Waals surface area contributed by atoms with E-state index in [1.54, 1.807) is 6.08 Å². The van der Waals surface area contributed by atoms with E-state index in [9.17, 15) is 13.6 Å². The number of anilines is 2. The Labute approximate surface area is 194 Å². The van der Waals surface area contributed by atoms with Crippen molar-refractivity contribution in [3.8, 4) is 0 Å². The standard InChI is InChI=1S/C23H24F2N8O/c1-14-9-19-28-18(22(24)25)11-21(34)33(19)29-23(14)30-8-4-17-15(13-30)10-16(12-26-17)31-6-2-7-32-20(31)3-5-27-32/h3,5,9-12,22-23,29H,2,4,6-8,13H2,1H3. The summed E-state index contributed by atoms with van der Waals surface area (Å²) in [5.74, 6) is 1.26. The summed E-state index contributed by atoms with van der Waals surface area (Å²) in [5.41, 5.74) is 6.29. The van der Waals surface area contributed by atoms with E-state index in [-0.39, 0.29) is 12.0 Å². The Morgan fingerprint density at radius 3 is 2.94 bits per heavy atom. The van der Waals surface area contributed by atoms with Crippen LogP contribution in [0.1, 0.15) is 42.5 Å². The highest BCUT2D eigenvalue weighted by Crippen LogP contribution is 2.32. The van der Waals surface area contributed by atoms with E-state index in [1.807, 2.05) is 30.1 Å². The van der Waals surface area contributed by atoms with E-state index < -0.39 is 17.7 Å². The first-order valence-corrected chi connectivity index (χ1v) is 11.4. The predicted molar refractivity (Wildman–Crippen MR) is 122 cm³/mol. The minimum atomic E-state index is -2.79. The van der Waals surface area contributed by atoms with Gasteiger partial charge in [-0.25, -0.2) is 23.1 Å². The van der Waals surface area contributed by atoms with E-state index >= 15 is 0 Å². The Bertz CT molecular complexity index is 1350. The van der Waals surface area contributed by atoms with Gasteiger partial charge in [-0.05, 0) is 36.6 Å². The molecule has 0 saturated carbocycles. The normalized spacial score (nSPS) is 19.8. The van der Waals surface area contributed by atoms with Gasteiger partial charge in [0.05, 0.1) is 18.1 Å². The third-order valence-corrected chi connectivity index (χ3v) is 6.68. The minimum Gasteiger partial charge on any atom is -0.325 e. The summed E-state index contributed by atoms with van der Waals surface area (Å²) in [6.45, 7) is 5.15. The molecule has 0 radical (unpaired) electrons. The Morgan fingerprint density at radius 1 is 1.21 bits per heavy atom. The van der Waals surface area contributed by atoms with Crippen molar-refractivity contribution in [2.45, 2.75) is 45.4 Å². The summed E-state index contributed by atoms with van der Waals surface area (Å²) < 4.78 is 29.4. The Kier molecular flexibility index (Phi) is 4.94. The highest BCUT2D eigenvalue weighted by Gasteiger charge is 2.30. The fourth-order valence-electron chi connectivity index (χ4n) is 5.02. The Balaban J connectivity index is 1.27. The van der Waals surface area contributed by atoms with Gasteiger partial charge in [-0.1, -0.05) is 0 Å². The number of hydrogen-bond donors (Lipinski definition) is 1. The molecule has 3 aliphatic heterocycles. The molecule has 0 spiro atoms. The molecule has 0 fully saturated rings. The molecule has 3 aromatic rings. The van der Waals surface area contributed by atoms with Crippen molar-refractivity contribution >= 4 is 17.6 Å². The number of halogens is 2. The number of alkyl halides is 2. The molecule has 0 aromatic carbocycles. The van der Waals surface area contributed by atoms with Crippen LogP contribution in [0.5, 0.6) is 0 Å². The van der Waals surface area contributed by atoms with Gasteiger partial charge in [0.2, 0.25) is 0 Å². The molecule has 176 valence electrons. The van der Waals surface area contributed by atoms with Crippen LogP contribution >= 0.6 is 0 Å². The third-order valence-electron chi connectivity index (χ3n) is 6.68. The zero-order valence-corrected chi connectivity index (χ0v) is 18.7. The van der Waals surface area contributed by atoms with Crippen molar-refractivity contribution < 1.29 is 8.78 Å². The van der Waals surface area contributed by atoms with Crippen molar-refractivity contribution in [3.05, 3.63) is 69.3 Å². The van der Waals surface area contributed by atoms with Crippen LogP contribution in [0.15, 0.2) is 41.0 Å². The van der Waals surface area contributed by atoms with Crippen molar-refractivity contribution in [3.63, 3.8) is 0 Å². The molecule has 9 nitrogen and oxygen atoms in total.